The normalized spacial score (nSPS) is 9.94. The van der Waals surface area contributed by atoms with E-state index in [1.54, 1.807) is 18.5 Å². The lowest BCUT2D eigenvalue weighted by molar-refractivity contribution is 1.19. The summed E-state index contributed by atoms with van der Waals surface area (Å²) in [6, 6.07) is 7.41. The Morgan fingerprint density at radius 1 is 1.29 bits per heavy atom. The number of anilines is 2. The van der Waals surface area contributed by atoms with Crippen LogP contribution in [0.3, 0.4) is 0 Å². The highest BCUT2D eigenvalue weighted by Gasteiger charge is 2.02. The number of hydrogen-bond donors (Lipinski definition) is 2. The molecule has 0 aliphatic rings. The van der Waals surface area contributed by atoms with Gasteiger partial charge in [0, 0.05) is 18.0 Å². The molecular weight excluding hydrogens is 232 g/mol. The monoisotopic (exact) mass is 244 g/mol. The van der Waals surface area contributed by atoms with E-state index in [0.29, 0.717) is 10.8 Å². The first kappa shape index (κ1) is 11.5. The van der Waals surface area contributed by atoms with Crippen LogP contribution in [0.15, 0.2) is 36.7 Å². The minimum atomic E-state index is 0.360. The highest BCUT2D eigenvalue weighted by Crippen LogP contribution is 2.17. The number of nitrogens with zero attached hydrogens (tertiary/aromatic N) is 2. The fraction of sp³-hybridized carbons (Fsp3) is 0.0833. The summed E-state index contributed by atoms with van der Waals surface area (Å²) in [4.78, 5) is 8.76. The minimum absolute atomic E-state index is 0.360. The van der Waals surface area contributed by atoms with Crippen molar-refractivity contribution in [2.75, 3.05) is 5.32 Å². The Labute approximate surface area is 105 Å². The molecule has 0 saturated heterocycles. The van der Waals surface area contributed by atoms with Crippen LogP contribution < -0.4 is 11.1 Å². The van der Waals surface area contributed by atoms with E-state index < -0.39 is 0 Å². The number of aromatic nitrogens is 2. The van der Waals surface area contributed by atoms with Crippen molar-refractivity contribution in [1.82, 2.24) is 9.97 Å². The van der Waals surface area contributed by atoms with E-state index in [0.717, 1.165) is 16.9 Å². The molecule has 0 unspecified atom stereocenters. The van der Waals surface area contributed by atoms with Crippen molar-refractivity contribution in [3.63, 3.8) is 0 Å². The summed E-state index contributed by atoms with van der Waals surface area (Å²) >= 11 is 4.92. The quantitative estimate of drug-likeness (QED) is 0.810. The van der Waals surface area contributed by atoms with Crippen molar-refractivity contribution in [2.24, 2.45) is 5.73 Å². The Balaban J connectivity index is 2.28. The van der Waals surface area contributed by atoms with E-state index in [1.165, 1.54) is 0 Å². The zero-order valence-electron chi connectivity index (χ0n) is 9.34. The predicted molar refractivity (Wildman–Crippen MR) is 72.4 cm³/mol. The lowest BCUT2D eigenvalue weighted by Crippen LogP contribution is -2.10. The molecule has 0 aromatic carbocycles. The average Bonchev–Trinajstić information content (AvgIpc) is 2.32. The molecule has 2 aromatic heterocycles. The molecule has 0 fully saturated rings. The van der Waals surface area contributed by atoms with E-state index in [9.17, 15) is 0 Å². The van der Waals surface area contributed by atoms with Crippen LogP contribution in [0, 0.1) is 6.92 Å². The van der Waals surface area contributed by atoms with Crippen molar-refractivity contribution < 1.29 is 0 Å². The number of thiocarbonyl (C=S) groups is 1. The van der Waals surface area contributed by atoms with Gasteiger partial charge < -0.3 is 11.1 Å². The van der Waals surface area contributed by atoms with Gasteiger partial charge >= 0.3 is 0 Å². The van der Waals surface area contributed by atoms with Crippen molar-refractivity contribution >= 4 is 28.7 Å². The zero-order chi connectivity index (χ0) is 12.3. The second-order valence-corrected chi connectivity index (χ2v) is 4.00. The van der Waals surface area contributed by atoms with Crippen LogP contribution >= 0.6 is 12.2 Å². The number of pyridine rings is 2. The van der Waals surface area contributed by atoms with Crippen molar-refractivity contribution in [1.29, 1.82) is 0 Å². The predicted octanol–water partition coefficient (Wildman–Crippen LogP) is 2.16. The maximum atomic E-state index is 5.57. The van der Waals surface area contributed by atoms with Gasteiger partial charge in [-0.2, -0.15) is 0 Å². The van der Waals surface area contributed by atoms with E-state index >= 15 is 0 Å². The first-order valence-electron chi connectivity index (χ1n) is 5.11. The van der Waals surface area contributed by atoms with Crippen LogP contribution in [0.2, 0.25) is 0 Å². The third-order valence-corrected chi connectivity index (χ3v) is 2.55. The van der Waals surface area contributed by atoms with Crippen LogP contribution in [0.4, 0.5) is 11.5 Å². The van der Waals surface area contributed by atoms with Gasteiger partial charge in [0.15, 0.2) is 0 Å². The van der Waals surface area contributed by atoms with Crippen molar-refractivity contribution in [3.05, 3.63) is 47.9 Å². The highest BCUT2D eigenvalue weighted by molar-refractivity contribution is 7.80. The van der Waals surface area contributed by atoms with Gasteiger partial charge in [-0.1, -0.05) is 12.2 Å². The van der Waals surface area contributed by atoms with E-state index in [2.05, 4.69) is 15.3 Å². The van der Waals surface area contributed by atoms with E-state index in [4.69, 9.17) is 18.0 Å². The molecule has 0 spiro atoms. The smallest absolute Gasteiger partial charge is 0.131 e. The SMILES string of the molecule is Cc1ncccc1Nc1cc(C(N)=S)ccn1. The van der Waals surface area contributed by atoms with Crippen molar-refractivity contribution in [3.8, 4) is 0 Å². The standard InChI is InChI=1S/C12H12N4S/c1-8-10(3-2-5-14-8)16-11-7-9(12(13)17)4-6-15-11/h2-7H,1H3,(H2,13,17)(H,15,16). The molecule has 2 aromatic rings. The first-order chi connectivity index (χ1) is 8.16. The molecule has 0 bridgehead atoms. The van der Waals surface area contributed by atoms with E-state index in [-0.39, 0.29) is 0 Å². The Bertz CT molecular complexity index is 554. The lowest BCUT2D eigenvalue weighted by Gasteiger charge is -2.08. The molecule has 3 N–H and O–H groups in total. The van der Waals surface area contributed by atoms with Gasteiger partial charge in [0.2, 0.25) is 0 Å². The molecule has 86 valence electrons. The van der Waals surface area contributed by atoms with Crippen LogP contribution in [0.1, 0.15) is 11.3 Å². The minimum Gasteiger partial charge on any atom is -0.389 e. The second-order valence-electron chi connectivity index (χ2n) is 3.56. The van der Waals surface area contributed by atoms with Gasteiger partial charge in [0.25, 0.3) is 0 Å². The van der Waals surface area contributed by atoms with Gasteiger partial charge in [-0.05, 0) is 31.2 Å². The number of nitrogens with two attached hydrogens (primary N) is 1. The molecule has 0 saturated carbocycles. The van der Waals surface area contributed by atoms with Gasteiger partial charge in [-0.25, -0.2) is 4.98 Å². The largest absolute Gasteiger partial charge is 0.389 e. The maximum absolute atomic E-state index is 5.57. The molecule has 0 radical (unpaired) electrons. The summed E-state index contributed by atoms with van der Waals surface area (Å²) in [6.45, 7) is 1.93. The Kier molecular flexibility index (Phi) is 3.30. The van der Waals surface area contributed by atoms with Crippen LogP contribution in [0.5, 0.6) is 0 Å². The Morgan fingerprint density at radius 2 is 2.12 bits per heavy atom. The van der Waals surface area contributed by atoms with Crippen molar-refractivity contribution in [2.45, 2.75) is 6.92 Å². The summed E-state index contributed by atoms with van der Waals surface area (Å²) < 4.78 is 0. The molecule has 0 aliphatic heterocycles. The Morgan fingerprint density at radius 3 is 2.82 bits per heavy atom. The highest BCUT2D eigenvalue weighted by atomic mass is 32.1. The van der Waals surface area contributed by atoms with Crippen LogP contribution in [-0.2, 0) is 0 Å². The summed E-state index contributed by atoms with van der Waals surface area (Å²) in [6.07, 6.45) is 3.42. The van der Waals surface area contributed by atoms with Gasteiger partial charge in [0.05, 0.1) is 11.4 Å². The number of nitrogens with one attached hydrogen (secondary N) is 1. The molecule has 2 heterocycles. The summed E-state index contributed by atoms with van der Waals surface area (Å²) in [5, 5.41) is 3.18. The summed E-state index contributed by atoms with van der Waals surface area (Å²) in [7, 11) is 0. The van der Waals surface area contributed by atoms with Gasteiger partial charge in [-0.15, -0.1) is 0 Å². The molecule has 5 heteroatoms. The third-order valence-electron chi connectivity index (χ3n) is 2.31. The number of aryl methyl sites for hydroxylation is 1. The molecular formula is C12H12N4S. The Hall–Kier alpha value is -2.01. The molecule has 2 rings (SSSR count). The van der Waals surface area contributed by atoms with Crippen LogP contribution in [-0.4, -0.2) is 15.0 Å². The number of rotatable bonds is 3. The molecule has 4 nitrogen and oxygen atoms in total. The van der Waals surface area contributed by atoms with Crippen LogP contribution in [0.25, 0.3) is 0 Å². The maximum Gasteiger partial charge on any atom is 0.131 e. The molecule has 0 amide bonds. The summed E-state index contributed by atoms with van der Waals surface area (Å²) in [5.41, 5.74) is 8.19. The molecule has 17 heavy (non-hydrogen) atoms. The zero-order valence-corrected chi connectivity index (χ0v) is 10.2. The molecule has 0 aliphatic carbocycles. The average molecular weight is 244 g/mol. The van der Waals surface area contributed by atoms with E-state index in [1.807, 2.05) is 25.1 Å². The summed E-state index contributed by atoms with van der Waals surface area (Å²) in [5.74, 6) is 0.700. The second kappa shape index (κ2) is 4.88. The van der Waals surface area contributed by atoms with Gasteiger partial charge in [0.1, 0.15) is 10.8 Å². The fourth-order valence-electron chi connectivity index (χ4n) is 1.41. The number of hydrogen-bond acceptors (Lipinski definition) is 4. The topological polar surface area (TPSA) is 63.8 Å². The lowest BCUT2D eigenvalue weighted by atomic mass is 10.2. The third kappa shape index (κ3) is 2.76. The first-order valence-corrected chi connectivity index (χ1v) is 5.52. The van der Waals surface area contributed by atoms with Gasteiger partial charge in [-0.3, -0.25) is 4.98 Å². The molecule has 0 atom stereocenters. The fourth-order valence-corrected chi connectivity index (χ4v) is 1.53.